The van der Waals surface area contributed by atoms with Crippen LogP contribution in [-0.2, 0) is 6.42 Å². The van der Waals surface area contributed by atoms with Gasteiger partial charge in [-0.05, 0) is 57.4 Å². The number of rotatable bonds is 4. The lowest BCUT2D eigenvalue weighted by Gasteiger charge is -2.08. The molecule has 0 unspecified atom stereocenters. The molecular weight excluding hydrogens is 334 g/mol. The third-order valence-electron chi connectivity index (χ3n) is 4.94. The zero-order valence-electron chi connectivity index (χ0n) is 16.1. The molecule has 0 fully saturated rings. The van der Waals surface area contributed by atoms with E-state index in [2.05, 4.69) is 66.7 Å². The van der Waals surface area contributed by atoms with Crippen LogP contribution in [0.3, 0.4) is 0 Å². The van der Waals surface area contributed by atoms with Gasteiger partial charge in [-0.25, -0.2) is 4.98 Å². The summed E-state index contributed by atoms with van der Waals surface area (Å²) in [5.74, 6) is 1.31. The molecule has 3 aromatic heterocycles. The number of nitrogens with zero attached hydrogens (tertiary/aromatic N) is 5. The Morgan fingerprint density at radius 1 is 0.889 bits per heavy atom. The molecule has 5 nitrogen and oxygen atoms in total. The Bertz CT molecular complexity index is 1110. The average molecular weight is 357 g/mol. The summed E-state index contributed by atoms with van der Waals surface area (Å²) in [5.41, 5.74) is 6.69. The molecule has 27 heavy (non-hydrogen) atoms. The highest BCUT2D eigenvalue weighted by Crippen LogP contribution is 2.18. The van der Waals surface area contributed by atoms with Crippen molar-refractivity contribution in [2.75, 3.05) is 0 Å². The molecule has 136 valence electrons. The number of allylic oxidation sites excluding steroid dienone is 1. The van der Waals surface area contributed by atoms with Crippen molar-refractivity contribution in [3.63, 3.8) is 0 Å². The first-order chi connectivity index (χ1) is 13.0. The van der Waals surface area contributed by atoms with Gasteiger partial charge in [-0.3, -0.25) is 4.57 Å². The summed E-state index contributed by atoms with van der Waals surface area (Å²) < 4.78 is 3.91. The van der Waals surface area contributed by atoms with Gasteiger partial charge in [-0.2, -0.15) is 9.50 Å². The van der Waals surface area contributed by atoms with E-state index >= 15 is 0 Å². The number of hydrogen-bond acceptors (Lipinski definition) is 3. The van der Waals surface area contributed by atoms with Crippen LogP contribution >= 0.6 is 0 Å². The molecule has 0 spiro atoms. The minimum Gasteiger partial charge on any atom is -0.286 e. The highest BCUT2D eigenvalue weighted by atomic mass is 15.4. The van der Waals surface area contributed by atoms with Gasteiger partial charge < -0.3 is 0 Å². The zero-order chi connectivity index (χ0) is 19.0. The van der Waals surface area contributed by atoms with Crippen LogP contribution in [0.5, 0.6) is 0 Å². The van der Waals surface area contributed by atoms with E-state index in [9.17, 15) is 0 Å². The van der Waals surface area contributed by atoms with Crippen molar-refractivity contribution < 1.29 is 0 Å². The average Bonchev–Trinajstić information content (AvgIpc) is 3.21. The van der Waals surface area contributed by atoms with E-state index in [1.807, 2.05) is 29.6 Å². The largest absolute Gasteiger partial charge is 0.286 e. The number of aryl methyl sites for hydroxylation is 4. The van der Waals surface area contributed by atoms with Crippen LogP contribution in [-0.4, -0.2) is 24.1 Å². The summed E-state index contributed by atoms with van der Waals surface area (Å²) in [6, 6.07) is 14.5. The molecule has 0 aliphatic rings. The van der Waals surface area contributed by atoms with Gasteiger partial charge >= 0.3 is 0 Å². The number of hydrogen-bond donors (Lipinski definition) is 0. The Morgan fingerprint density at radius 2 is 1.59 bits per heavy atom. The van der Waals surface area contributed by atoms with E-state index in [-0.39, 0.29) is 0 Å². The van der Waals surface area contributed by atoms with Crippen molar-refractivity contribution >= 4 is 11.9 Å². The summed E-state index contributed by atoms with van der Waals surface area (Å²) in [7, 11) is 0. The van der Waals surface area contributed by atoms with Crippen molar-refractivity contribution in [3.05, 3.63) is 82.4 Å². The molecule has 0 aliphatic heterocycles. The van der Waals surface area contributed by atoms with Gasteiger partial charge in [-0.15, -0.1) is 5.10 Å². The third-order valence-corrected chi connectivity index (χ3v) is 4.94. The SMILES string of the molecule is Cc1nc2nc(-n3c(C)ccc3C)nn2c(C)c1C/C=C/c1ccccc1. The lowest BCUT2D eigenvalue weighted by atomic mass is 10.1. The molecule has 0 saturated carbocycles. The van der Waals surface area contributed by atoms with Crippen LogP contribution in [0.1, 0.15) is 33.9 Å². The Morgan fingerprint density at radius 3 is 2.30 bits per heavy atom. The molecule has 0 atom stereocenters. The predicted molar refractivity (Wildman–Crippen MR) is 108 cm³/mol. The van der Waals surface area contributed by atoms with E-state index in [4.69, 9.17) is 10.1 Å². The summed E-state index contributed by atoms with van der Waals surface area (Å²) in [6.07, 6.45) is 5.13. The number of aromatic nitrogens is 5. The predicted octanol–water partition coefficient (Wildman–Crippen LogP) is 4.40. The van der Waals surface area contributed by atoms with Crippen LogP contribution in [0, 0.1) is 27.7 Å². The van der Waals surface area contributed by atoms with Crippen LogP contribution in [0.2, 0.25) is 0 Å². The number of benzene rings is 1. The Labute approximate surface area is 159 Å². The maximum atomic E-state index is 4.73. The zero-order valence-corrected chi connectivity index (χ0v) is 16.1. The Kier molecular flexibility index (Phi) is 4.36. The maximum Gasteiger partial charge on any atom is 0.255 e. The van der Waals surface area contributed by atoms with Crippen LogP contribution in [0.4, 0.5) is 0 Å². The second kappa shape index (κ2) is 6.83. The van der Waals surface area contributed by atoms with Crippen LogP contribution in [0.15, 0.2) is 48.5 Å². The van der Waals surface area contributed by atoms with Crippen molar-refractivity contribution in [2.45, 2.75) is 34.1 Å². The first kappa shape index (κ1) is 17.2. The van der Waals surface area contributed by atoms with E-state index in [0.717, 1.165) is 29.2 Å². The second-order valence-electron chi connectivity index (χ2n) is 6.85. The first-order valence-corrected chi connectivity index (χ1v) is 9.14. The van der Waals surface area contributed by atoms with Crippen LogP contribution in [0.25, 0.3) is 17.8 Å². The number of fused-ring (bicyclic) bond motifs is 1. The summed E-state index contributed by atoms with van der Waals surface area (Å²) in [5, 5.41) is 4.73. The smallest absolute Gasteiger partial charge is 0.255 e. The third kappa shape index (κ3) is 3.16. The van der Waals surface area contributed by atoms with Crippen LogP contribution < -0.4 is 0 Å². The molecule has 0 amide bonds. The first-order valence-electron chi connectivity index (χ1n) is 9.14. The molecule has 1 aromatic carbocycles. The van der Waals surface area contributed by atoms with Gasteiger partial charge in [0.25, 0.3) is 11.7 Å². The minimum atomic E-state index is 0.642. The lowest BCUT2D eigenvalue weighted by molar-refractivity contribution is 0.819. The van der Waals surface area contributed by atoms with Gasteiger partial charge in [0.05, 0.1) is 0 Å². The summed E-state index contributed by atoms with van der Waals surface area (Å²) in [6.45, 7) is 8.24. The molecule has 0 radical (unpaired) electrons. The quantitative estimate of drug-likeness (QED) is 0.544. The van der Waals surface area contributed by atoms with Gasteiger partial charge in [-0.1, -0.05) is 42.5 Å². The van der Waals surface area contributed by atoms with Crippen molar-refractivity contribution in [3.8, 4) is 5.95 Å². The normalized spacial score (nSPS) is 11.7. The molecule has 4 aromatic rings. The Balaban J connectivity index is 1.71. The molecule has 0 N–H and O–H groups in total. The van der Waals surface area contributed by atoms with E-state index in [0.29, 0.717) is 11.7 Å². The standard InChI is InChI=1S/C22H23N5/c1-15-13-14-16(2)26(15)22-24-21-23-17(3)20(18(4)27(21)25-22)12-8-11-19-9-6-5-7-10-19/h5-11,13-14H,12H2,1-4H3/b11-8+. The van der Waals surface area contributed by atoms with E-state index in [1.165, 1.54) is 11.1 Å². The van der Waals surface area contributed by atoms with E-state index in [1.54, 1.807) is 0 Å². The molecule has 0 saturated heterocycles. The van der Waals surface area contributed by atoms with Crippen molar-refractivity contribution in [1.82, 2.24) is 24.1 Å². The maximum absolute atomic E-state index is 4.73. The fourth-order valence-electron chi connectivity index (χ4n) is 3.45. The summed E-state index contributed by atoms with van der Waals surface area (Å²) in [4.78, 5) is 9.35. The molecule has 0 aliphatic carbocycles. The van der Waals surface area contributed by atoms with Gasteiger partial charge in [0.1, 0.15) is 0 Å². The second-order valence-corrected chi connectivity index (χ2v) is 6.85. The molecule has 0 bridgehead atoms. The van der Waals surface area contributed by atoms with Crippen molar-refractivity contribution in [1.29, 1.82) is 0 Å². The monoisotopic (exact) mass is 357 g/mol. The fraction of sp³-hybridized carbons (Fsp3) is 0.227. The Hall–Kier alpha value is -3.21. The van der Waals surface area contributed by atoms with Gasteiger partial charge in [0, 0.05) is 22.8 Å². The van der Waals surface area contributed by atoms with Gasteiger partial charge in [0.2, 0.25) is 0 Å². The topological polar surface area (TPSA) is 48.0 Å². The molecule has 4 rings (SSSR count). The van der Waals surface area contributed by atoms with E-state index < -0.39 is 0 Å². The lowest BCUT2D eigenvalue weighted by Crippen LogP contribution is -2.05. The van der Waals surface area contributed by atoms with Gasteiger partial charge in [0.15, 0.2) is 0 Å². The molecule has 3 heterocycles. The van der Waals surface area contributed by atoms with Crippen molar-refractivity contribution in [2.24, 2.45) is 0 Å². The minimum absolute atomic E-state index is 0.642. The molecular formula is C22H23N5. The highest BCUT2D eigenvalue weighted by molar-refractivity contribution is 5.50. The summed E-state index contributed by atoms with van der Waals surface area (Å²) >= 11 is 0. The fourth-order valence-corrected chi connectivity index (χ4v) is 3.45. The highest BCUT2D eigenvalue weighted by Gasteiger charge is 2.15. The molecule has 5 heteroatoms.